The second kappa shape index (κ2) is 6.09. The van der Waals surface area contributed by atoms with Crippen molar-refractivity contribution in [2.75, 3.05) is 13.6 Å². The number of aliphatic imine (C=N–C) groups is 1. The molecule has 2 amide bonds. The molecule has 0 atom stereocenters. The highest BCUT2D eigenvalue weighted by Crippen LogP contribution is 1.84. The van der Waals surface area contributed by atoms with Crippen LogP contribution in [-0.2, 0) is 4.79 Å². The fourth-order valence-corrected chi connectivity index (χ4v) is 0.527. The molecule has 0 aliphatic heterocycles. The number of aldehydes is 1. The number of nitrogens with zero attached hydrogens (tertiary/aromatic N) is 2. The van der Waals surface area contributed by atoms with Crippen LogP contribution in [0.1, 0.15) is 0 Å². The monoisotopic (exact) mass is 169 g/mol. The average molecular weight is 169 g/mol. The van der Waals surface area contributed by atoms with Gasteiger partial charge in [0.15, 0.2) is 0 Å². The number of hydrogen-bond donors (Lipinski definition) is 1. The molecule has 1 N–H and O–H groups in total. The summed E-state index contributed by atoms with van der Waals surface area (Å²) in [4.78, 5) is 25.7. The van der Waals surface area contributed by atoms with Gasteiger partial charge in [-0.3, -0.25) is 9.89 Å². The van der Waals surface area contributed by atoms with Gasteiger partial charge in [-0.2, -0.15) is 0 Å². The average Bonchev–Trinajstić information content (AvgIpc) is 2.10. The van der Waals surface area contributed by atoms with Gasteiger partial charge in [0.2, 0.25) is 0 Å². The summed E-state index contributed by atoms with van der Waals surface area (Å²) in [5, 5.41) is 2.32. The van der Waals surface area contributed by atoms with Crippen molar-refractivity contribution in [3.05, 3.63) is 12.8 Å². The molecule has 0 aromatic rings. The molecule has 0 aliphatic rings. The molecule has 0 aliphatic carbocycles. The Morgan fingerprint density at radius 2 is 2.42 bits per heavy atom. The van der Waals surface area contributed by atoms with Crippen molar-refractivity contribution in [1.29, 1.82) is 0 Å². The van der Waals surface area contributed by atoms with Gasteiger partial charge in [0, 0.05) is 13.2 Å². The van der Waals surface area contributed by atoms with Crippen molar-refractivity contribution in [3.8, 4) is 0 Å². The van der Waals surface area contributed by atoms with E-state index in [9.17, 15) is 9.59 Å². The maximum Gasteiger partial charge on any atom is 0.327 e. The lowest BCUT2D eigenvalue weighted by atomic mass is 10.6. The predicted octanol–water partition coefficient (Wildman–Crippen LogP) is -0.00150. The van der Waals surface area contributed by atoms with E-state index in [1.807, 2.05) is 0 Å². The van der Waals surface area contributed by atoms with Crippen molar-refractivity contribution in [1.82, 2.24) is 10.2 Å². The number of rotatable bonds is 4. The minimum absolute atomic E-state index is 0.0132. The maximum absolute atomic E-state index is 11.0. The molecule has 0 saturated carbocycles. The minimum atomic E-state index is -0.428. The second-order valence-electron chi connectivity index (χ2n) is 1.82. The first-order valence-electron chi connectivity index (χ1n) is 3.31. The molecule has 12 heavy (non-hydrogen) atoms. The molecule has 5 heteroatoms. The van der Waals surface area contributed by atoms with E-state index in [0.29, 0.717) is 6.29 Å². The fraction of sp³-hybridized carbons (Fsp3) is 0.286. The number of carbonyl (C=O) groups excluding carboxylic acids is 2. The number of urea groups is 1. The van der Waals surface area contributed by atoms with Gasteiger partial charge < -0.3 is 10.1 Å². The molecule has 0 aromatic carbocycles. The second-order valence-corrected chi connectivity index (χ2v) is 1.82. The Bertz CT molecular complexity index is 201. The van der Waals surface area contributed by atoms with E-state index in [4.69, 9.17) is 0 Å². The van der Waals surface area contributed by atoms with Crippen LogP contribution in [0.4, 0.5) is 4.79 Å². The quantitative estimate of drug-likeness (QED) is 0.366. The third-order valence-corrected chi connectivity index (χ3v) is 1.01. The Balaban J connectivity index is 4.02. The Morgan fingerprint density at radius 3 is 2.83 bits per heavy atom. The molecule has 0 saturated heterocycles. The van der Waals surface area contributed by atoms with Crippen molar-refractivity contribution in [3.63, 3.8) is 0 Å². The highest BCUT2D eigenvalue weighted by molar-refractivity contribution is 5.88. The van der Waals surface area contributed by atoms with Gasteiger partial charge in [-0.05, 0) is 0 Å². The third-order valence-electron chi connectivity index (χ3n) is 1.01. The van der Waals surface area contributed by atoms with Crippen molar-refractivity contribution in [2.45, 2.75) is 0 Å². The summed E-state index contributed by atoms with van der Waals surface area (Å²) < 4.78 is 0. The Labute approximate surface area is 70.8 Å². The highest BCUT2D eigenvalue weighted by Gasteiger charge is 2.04. The van der Waals surface area contributed by atoms with Gasteiger partial charge in [-0.15, -0.1) is 0 Å². The lowest BCUT2D eigenvalue weighted by Gasteiger charge is -2.10. The Hall–Kier alpha value is -1.65. The SMILES string of the molecule is C=CN(C=NC)C(=O)NCC=O. The smallest absolute Gasteiger partial charge is 0.327 e. The van der Waals surface area contributed by atoms with Crippen molar-refractivity contribution < 1.29 is 9.59 Å². The lowest BCUT2D eigenvalue weighted by molar-refractivity contribution is -0.107. The van der Waals surface area contributed by atoms with Crippen LogP contribution in [0.5, 0.6) is 0 Å². The van der Waals surface area contributed by atoms with Gasteiger partial charge in [0.1, 0.15) is 6.29 Å². The zero-order chi connectivity index (χ0) is 9.40. The summed E-state index contributed by atoms with van der Waals surface area (Å²) in [7, 11) is 1.53. The summed E-state index contributed by atoms with van der Waals surface area (Å²) >= 11 is 0. The summed E-state index contributed by atoms with van der Waals surface area (Å²) in [6.07, 6.45) is 3.20. The maximum atomic E-state index is 11.0. The first-order valence-corrected chi connectivity index (χ1v) is 3.31. The lowest BCUT2D eigenvalue weighted by Crippen LogP contribution is -2.36. The summed E-state index contributed by atoms with van der Waals surface area (Å²) in [6, 6.07) is -0.428. The molecular formula is C7H11N3O2. The van der Waals surface area contributed by atoms with Gasteiger partial charge in [-0.25, -0.2) is 4.79 Å². The molecule has 66 valence electrons. The molecule has 0 heterocycles. The van der Waals surface area contributed by atoms with Gasteiger partial charge in [0.05, 0.1) is 12.9 Å². The van der Waals surface area contributed by atoms with Crippen LogP contribution in [0.15, 0.2) is 17.8 Å². The fourth-order valence-electron chi connectivity index (χ4n) is 0.527. The topological polar surface area (TPSA) is 61.8 Å². The number of carbonyl (C=O) groups is 2. The normalized spacial score (nSPS) is 9.42. The number of nitrogens with one attached hydrogen (secondary N) is 1. The predicted molar refractivity (Wildman–Crippen MR) is 45.9 cm³/mol. The van der Waals surface area contributed by atoms with Crippen LogP contribution in [0, 0.1) is 0 Å². The molecule has 0 unspecified atom stereocenters. The summed E-state index contributed by atoms with van der Waals surface area (Å²) in [5.41, 5.74) is 0. The van der Waals surface area contributed by atoms with E-state index in [-0.39, 0.29) is 6.54 Å². The van der Waals surface area contributed by atoms with Crippen LogP contribution < -0.4 is 5.32 Å². The van der Waals surface area contributed by atoms with Crippen molar-refractivity contribution in [2.24, 2.45) is 4.99 Å². The van der Waals surface area contributed by atoms with Crippen LogP contribution in [0.2, 0.25) is 0 Å². The molecule has 0 bridgehead atoms. The molecule has 0 fully saturated rings. The number of amides is 2. The first kappa shape index (κ1) is 10.3. The van der Waals surface area contributed by atoms with Crippen LogP contribution in [-0.4, -0.2) is 37.1 Å². The van der Waals surface area contributed by atoms with Gasteiger partial charge in [-0.1, -0.05) is 6.58 Å². The third kappa shape index (κ3) is 3.50. The largest absolute Gasteiger partial charge is 0.331 e. The van der Waals surface area contributed by atoms with E-state index in [0.717, 1.165) is 4.90 Å². The van der Waals surface area contributed by atoms with E-state index < -0.39 is 6.03 Å². The van der Waals surface area contributed by atoms with E-state index in [1.165, 1.54) is 19.6 Å². The van der Waals surface area contributed by atoms with Crippen molar-refractivity contribution >= 4 is 18.7 Å². The molecule has 0 spiro atoms. The van der Waals surface area contributed by atoms with Crippen LogP contribution in [0.25, 0.3) is 0 Å². The van der Waals surface area contributed by atoms with Crippen LogP contribution >= 0.6 is 0 Å². The highest BCUT2D eigenvalue weighted by atomic mass is 16.2. The zero-order valence-corrected chi connectivity index (χ0v) is 6.86. The molecular weight excluding hydrogens is 158 g/mol. The van der Waals surface area contributed by atoms with E-state index in [1.54, 1.807) is 0 Å². The Kier molecular flexibility index (Phi) is 5.25. The molecule has 5 nitrogen and oxygen atoms in total. The van der Waals surface area contributed by atoms with E-state index in [2.05, 4.69) is 16.9 Å². The standard InChI is InChI=1S/C7H11N3O2/c1-3-10(6-8-2)7(12)9-4-5-11/h3,5-6H,1,4H2,2H3,(H,9,12). The molecule has 0 aromatic heterocycles. The minimum Gasteiger partial charge on any atom is -0.331 e. The van der Waals surface area contributed by atoms with E-state index >= 15 is 0 Å². The van der Waals surface area contributed by atoms with Gasteiger partial charge in [0.25, 0.3) is 0 Å². The number of hydrogen-bond acceptors (Lipinski definition) is 3. The Morgan fingerprint density at radius 1 is 1.75 bits per heavy atom. The zero-order valence-electron chi connectivity index (χ0n) is 6.86. The summed E-state index contributed by atoms with van der Waals surface area (Å²) in [5.74, 6) is 0. The molecule has 0 radical (unpaired) electrons. The van der Waals surface area contributed by atoms with Crippen LogP contribution in [0.3, 0.4) is 0 Å². The van der Waals surface area contributed by atoms with Gasteiger partial charge >= 0.3 is 6.03 Å². The molecule has 0 rings (SSSR count). The first-order chi connectivity index (χ1) is 5.76. The summed E-state index contributed by atoms with van der Waals surface area (Å²) in [6.45, 7) is 3.38.